The van der Waals surface area contributed by atoms with E-state index in [9.17, 15) is 14.4 Å². The molecule has 10 nitrogen and oxygen atoms in total. The first-order chi connectivity index (χ1) is 19.0. The minimum Gasteiger partial charge on any atom is -0.492 e. The number of likely N-dealkylation sites (tertiary alicyclic amines) is 1. The van der Waals surface area contributed by atoms with Gasteiger partial charge in [-0.3, -0.25) is 14.4 Å². The Hall–Kier alpha value is -4.08. The monoisotopic (exact) mass is 531 g/mol. The Morgan fingerprint density at radius 1 is 1.00 bits per heavy atom. The van der Waals surface area contributed by atoms with E-state index in [-0.39, 0.29) is 35.9 Å². The topological polar surface area (TPSA) is 110 Å². The molecule has 2 aromatic heterocycles. The SMILES string of the molecule is Cc1cc(C(=O)N2C[C@@H]3C(=O)NCCCN(C(=O)c4cccn4C4CC4)CCOc4cccc(c4)[C@H]3C2)no1. The second kappa shape index (κ2) is 10.6. The van der Waals surface area contributed by atoms with Gasteiger partial charge < -0.3 is 28.9 Å². The fourth-order valence-electron chi connectivity index (χ4n) is 5.65. The van der Waals surface area contributed by atoms with Crippen LogP contribution in [0.25, 0.3) is 0 Å². The molecule has 1 aliphatic carbocycles. The van der Waals surface area contributed by atoms with Crippen molar-refractivity contribution in [1.82, 2.24) is 24.8 Å². The first-order valence-corrected chi connectivity index (χ1v) is 13.7. The zero-order valence-corrected chi connectivity index (χ0v) is 22.0. The summed E-state index contributed by atoms with van der Waals surface area (Å²) in [5, 5.41) is 6.94. The van der Waals surface area contributed by atoms with Crippen molar-refractivity contribution in [1.29, 1.82) is 0 Å². The molecule has 1 N–H and O–H groups in total. The lowest BCUT2D eigenvalue weighted by Gasteiger charge is -2.25. The molecule has 2 bridgehead atoms. The Kier molecular flexibility index (Phi) is 6.85. The van der Waals surface area contributed by atoms with Gasteiger partial charge in [0.05, 0.1) is 12.5 Å². The van der Waals surface area contributed by atoms with E-state index in [2.05, 4.69) is 15.0 Å². The second-order valence-electron chi connectivity index (χ2n) is 10.6. The number of hydrogen-bond acceptors (Lipinski definition) is 6. The highest BCUT2D eigenvalue weighted by molar-refractivity contribution is 5.94. The normalized spacial score (nSPS) is 22.0. The van der Waals surface area contributed by atoms with Gasteiger partial charge >= 0.3 is 0 Å². The number of aryl methyl sites for hydroxylation is 1. The highest BCUT2D eigenvalue weighted by Crippen LogP contribution is 2.37. The molecule has 0 radical (unpaired) electrons. The van der Waals surface area contributed by atoms with Crippen molar-refractivity contribution in [3.63, 3.8) is 0 Å². The Bertz CT molecular complexity index is 1380. The van der Waals surface area contributed by atoms with E-state index >= 15 is 0 Å². The summed E-state index contributed by atoms with van der Waals surface area (Å²) in [6.07, 6.45) is 4.80. The van der Waals surface area contributed by atoms with Gasteiger partial charge in [0.1, 0.15) is 23.8 Å². The molecule has 2 fully saturated rings. The Balaban J connectivity index is 1.21. The van der Waals surface area contributed by atoms with Gasteiger partial charge in [-0.25, -0.2) is 0 Å². The van der Waals surface area contributed by atoms with Gasteiger partial charge in [-0.05, 0) is 56.0 Å². The summed E-state index contributed by atoms with van der Waals surface area (Å²) in [6, 6.07) is 13.5. The van der Waals surface area contributed by atoms with Crippen LogP contribution in [0.15, 0.2) is 53.2 Å². The van der Waals surface area contributed by atoms with Crippen LogP contribution in [0, 0.1) is 12.8 Å². The third-order valence-electron chi connectivity index (χ3n) is 7.84. The molecule has 39 heavy (non-hydrogen) atoms. The van der Waals surface area contributed by atoms with Gasteiger partial charge in [-0.2, -0.15) is 0 Å². The van der Waals surface area contributed by atoms with Crippen molar-refractivity contribution in [2.24, 2.45) is 5.92 Å². The van der Waals surface area contributed by atoms with Crippen LogP contribution in [0.5, 0.6) is 5.75 Å². The van der Waals surface area contributed by atoms with Crippen LogP contribution >= 0.6 is 0 Å². The van der Waals surface area contributed by atoms with E-state index < -0.39 is 5.92 Å². The third-order valence-corrected chi connectivity index (χ3v) is 7.84. The number of fused-ring (bicyclic) bond motifs is 4. The predicted molar refractivity (Wildman–Crippen MR) is 142 cm³/mol. The zero-order valence-electron chi connectivity index (χ0n) is 22.0. The largest absolute Gasteiger partial charge is 0.492 e. The number of aromatic nitrogens is 2. The summed E-state index contributed by atoms with van der Waals surface area (Å²) in [6.45, 7) is 4.16. The number of nitrogens with zero attached hydrogens (tertiary/aromatic N) is 4. The van der Waals surface area contributed by atoms with Crippen LogP contribution in [-0.2, 0) is 4.79 Å². The highest BCUT2D eigenvalue weighted by Gasteiger charge is 2.41. The van der Waals surface area contributed by atoms with Gasteiger partial charge in [0, 0.05) is 50.4 Å². The van der Waals surface area contributed by atoms with Crippen LogP contribution in [0.1, 0.15) is 63.5 Å². The molecule has 2 atom stereocenters. The van der Waals surface area contributed by atoms with Crippen LogP contribution in [0.3, 0.4) is 0 Å². The van der Waals surface area contributed by atoms with E-state index in [1.807, 2.05) is 47.5 Å². The molecule has 0 unspecified atom stereocenters. The summed E-state index contributed by atoms with van der Waals surface area (Å²) in [5.74, 6) is 0.275. The second-order valence-corrected chi connectivity index (χ2v) is 10.6. The molecule has 2 aliphatic heterocycles. The number of amides is 3. The lowest BCUT2D eigenvalue weighted by atomic mass is 9.88. The van der Waals surface area contributed by atoms with E-state index in [1.54, 1.807) is 17.9 Å². The van der Waals surface area contributed by atoms with Crippen molar-refractivity contribution in [3.8, 4) is 5.75 Å². The maximum atomic E-state index is 13.5. The number of hydrogen-bond donors (Lipinski definition) is 1. The first-order valence-electron chi connectivity index (χ1n) is 13.7. The molecule has 6 rings (SSSR count). The van der Waals surface area contributed by atoms with Crippen LogP contribution in [-0.4, -0.2) is 76.6 Å². The maximum Gasteiger partial charge on any atom is 0.276 e. The summed E-state index contributed by atoms with van der Waals surface area (Å²) >= 11 is 0. The minimum atomic E-state index is -0.417. The van der Waals surface area contributed by atoms with E-state index in [0.29, 0.717) is 62.5 Å². The predicted octanol–water partition coefficient (Wildman–Crippen LogP) is 3.02. The van der Waals surface area contributed by atoms with E-state index in [0.717, 1.165) is 18.4 Å². The average Bonchev–Trinajstić information content (AvgIpc) is 3.30. The number of ether oxygens (including phenoxy) is 1. The lowest BCUT2D eigenvalue weighted by Crippen LogP contribution is -2.40. The first kappa shape index (κ1) is 25.2. The van der Waals surface area contributed by atoms with Crippen molar-refractivity contribution >= 4 is 17.7 Å². The molecular formula is C29H33N5O5. The molecule has 3 amide bonds. The number of carbonyl (C=O) groups excluding carboxylic acids is 3. The van der Waals surface area contributed by atoms with Gasteiger partial charge in [0.25, 0.3) is 11.8 Å². The number of nitrogens with one attached hydrogen (secondary N) is 1. The Morgan fingerprint density at radius 3 is 2.64 bits per heavy atom. The van der Waals surface area contributed by atoms with Gasteiger partial charge in [0.2, 0.25) is 5.91 Å². The molecular weight excluding hydrogens is 498 g/mol. The molecule has 10 heteroatoms. The number of rotatable bonds is 3. The summed E-state index contributed by atoms with van der Waals surface area (Å²) in [7, 11) is 0. The standard InChI is InChI=1S/C29H33N5O5/c1-19-15-25(31-39-19)28(36)33-17-23-20-5-2-6-22(16-20)38-14-13-32(11-4-10-30-27(35)24(23)18-33)29(37)26-7-3-12-34(26)21-8-9-21/h2-3,5-7,12,15-16,21,23-24H,4,8-11,13-14,17-18H2,1H3,(H,30,35)/t23-,24+/m1/s1. The zero-order chi connectivity index (χ0) is 26.9. The summed E-state index contributed by atoms with van der Waals surface area (Å²) in [5.41, 5.74) is 1.88. The fourth-order valence-corrected chi connectivity index (χ4v) is 5.65. The molecule has 3 aromatic rings. The van der Waals surface area contributed by atoms with Gasteiger partial charge in [-0.15, -0.1) is 0 Å². The maximum absolute atomic E-state index is 13.5. The fraction of sp³-hybridized carbons (Fsp3) is 0.448. The number of carbonyl (C=O) groups is 3. The summed E-state index contributed by atoms with van der Waals surface area (Å²) < 4.78 is 13.3. The Morgan fingerprint density at radius 2 is 1.85 bits per heavy atom. The van der Waals surface area contributed by atoms with Gasteiger partial charge in [0.15, 0.2) is 5.69 Å². The quantitative estimate of drug-likeness (QED) is 0.557. The number of benzene rings is 1. The van der Waals surface area contributed by atoms with Crippen LogP contribution < -0.4 is 10.1 Å². The van der Waals surface area contributed by atoms with Gasteiger partial charge in [-0.1, -0.05) is 17.3 Å². The highest BCUT2D eigenvalue weighted by atomic mass is 16.5. The van der Waals surface area contributed by atoms with Crippen LogP contribution in [0.4, 0.5) is 0 Å². The minimum absolute atomic E-state index is 0.0178. The van der Waals surface area contributed by atoms with Crippen molar-refractivity contribution in [3.05, 3.63) is 71.4 Å². The molecule has 1 saturated carbocycles. The molecule has 1 aromatic carbocycles. The summed E-state index contributed by atoms with van der Waals surface area (Å²) in [4.78, 5) is 43.5. The molecule has 3 aliphatic rings. The smallest absolute Gasteiger partial charge is 0.276 e. The molecule has 4 heterocycles. The van der Waals surface area contributed by atoms with Crippen molar-refractivity contribution in [2.45, 2.75) is 38.1 Å². The van der Waals surface area contributed by atoms with Crippen molar-refractivity contribution < 1.29 is 23.6 Å². The third kappa shape index (κ3) is 5.28. The van der Waals surface area contributed by atoms with E-state index in [4.69, 9.17) is 9.26 Å². The van der Waals surface area contributed by atoms with Crippen molar-refractivity contribution in [2.75, 3.05) is 39.3 Å². The molecule has 0 spiro atoms. The molecule has 1 saturated heterocycles. The Labute approximate surface area is 226 Å². The van der Waals surface area contributed by atoms with E-state index in [1.165, 1.54) is 0 Å². The molecule has 204 valence electrons. The lowest BCUT2D eigenvalue weighted by molar-refractivity contribution is -0.124. The van der Waals surface area contributed by atoms with Crippen LogP contribution in [0.2, 0.25) is 0 Å². The average molecular weight is 532 g/mol.